The molecular formula is C20H23FN2O2. The van der Waals surface area contributed by atoms with Crippen LogP contribution in [-0.4, -0.2) is 42.1 Å². The lowest BCUT2D eigenvalue weighted by Crippen LogP contribution is -2.39. The molecule has 0 saturated carbocycles. The molecule has 4 nitrogen and oxygen atoms in total. The summed E-state index contributed by atoms with van der Waals surface area (Å²) in [6.07, 6.45) is 1.29. The van der Waals surface area contributed by atoms with E-state index in [1.165, 1.54) is 12.1 Å². The van der Waals surface area contributed by atoms with Gasteiger partial charge >= 0.3 is 0 Å². The molecule has 1 amide bonds. The highest BCUT2D eigenvalue weighted by Crippen LogP contribution is 2.31. The molecule has 132 valence electrons. The Kier molecular flexibility index (Phi) is 5.46. The minimum Gasteiger partial charge on any atom is -0.384 e. The van der Waals surface area contributed by atoms with Crippen molar-refractivity contribution in [2.75, 3.05) is 26.2 Å². The van der Waals surface area contributed by atoms with Gasteiger partial charge in [0, 0.05) is 19.6 Å². The first-order valence-electron chi connectivity index (χ1n) is 8.57. The van der Waals surface area contributed by atoms with Crippen LogP contribution in [0.2, 0.25) is 0 Å². The largest absolute Gasteiger partial charge is 0.384 e. The van der Waals surface area contributed by atoms with Gasteiger partial charge in [-0.05, 0) is 36.1 Å². The Bertz CT molecular complexity index is 705. The van der Waals surface area contributed by atoms with Gasteiger partial charge < -0.3 is 10.4 Å². The maximum Gasteiger partial charge on any atom is 0.234 e. The Morgan fingerprint density at radius 1 is 1.16 bits per heavy atom. The van der Waals surface area contributed by atoms with E-state index in [0.29, 0.717) is 32.5 Å². The van der Waals surface area contributed by atoms with Crippen LogP contribution in [0.1, 0.15) is 17.5 Å². The summed E-state index contributed by atoms with van der Waals surface area (Å²) in [4.78, 5) is 14.1. The molecule has 1 aliphatic rings. The molecule has 0 bridgehead atoms. The lowest BCUT2D eigenvalue weighted by Gasteiger charge is -2.23. The summed E-state index contributed by atoms with van der Waals surface area (Å²) >= 11 is 0. The van der Waals surface area contributed by atoms with Crippen LogP contribution in [0.4, 0.5) is 4.39 Å². The molecule has 0 aromatic heterocycles. The molecule has 0 spiro atoms. The van der Waals surface area contributed by atoms with E-state index in [1.54, 1.807) is 12.1 Å². The summed E-state index contributed by atoms with van der Waals surface area (Å²) < 4.78 is 12.9. The molecule has 1 fully saturated rings. The first kappa shape index (κ1) is 17.6. The highest BCUT2D eigenvalue weighted by molar-refractivity contribution is 5.78. The number of hydrogen-bond acceptors (Lipinski definition) is 3. The molecule has 2 aromatic rings. The topological polar surface area (TPSA) is 52.6 Å². The molecule has 0 radical (unpaired) electrons. The molecule has 1 saturated heterocycles. The predicted molar refractivity (Wildman–Crippen MR) is 94.5 cm³/mol. The zero-order valence-corrected chi connectivity index (χ0v) is 14.1. The number of carbonyl (C=O) groups is 1. The SMILES string of the molecule is O=C(CN1CCC(O)(c2ccccc2)C1)NCCc1ccc(F)cc1. The second-order valence-corrected chi connectivity index (χ2v) is 6.58. The quantitative estimate of drug-likeness (QED) is 0.845. The Labute approximate surface area is 147 Å². The summed E-state index contributed by atoms with van der Waals surface area (Å²) in [5.74, 6) is -0.313. The zero-order chi connectivity index (χ0) is 17.7. The number of nitrogens with one attached hydrogen (secondary N) is 1. The van der Waals surface area contributed by atoms with Crippen LogP contribution in [0.5, 0.6) is 0 Å². The monoisotopic (exact) mass is 342 g/mol. The van der Waals surface area contributed by atoms with Crippen molar-refractivity contribution in [1.29, 1.82) is 0 Å². The molecule has 1 atom stereocenters. The minimum absolute atomic E-state index is 0.0561. The van der Waals surface area contributed by atoms with Gasteiger partial charge in [-0.3, -0.25) is 9.69 Å². The van der Waals surface area contributed by atoms with E-state index in [1.807, 2.05) is 35.2 Å². The van der Waals surface area contributed by atoms with Gasteiger partial charge in [0.05, 0.1) is 6.54 Å². The van der Waals surface area contributed by atoms with E-state index in [-0.39, 0.29) is 18.3 Å². The average Bonchev–Trinajstić information content (AvgIpc) is 2.99. The van der Waals surface area contributed by atoms with Crippen molar-refractivity contribution in [1.82, 2.24) is 10.2 Å². The van der Waals surface area contributed by atoms with Gasteiger partial charge in [0.25, 0.3) is 0 Å². The molecule has 1 unspecified atom stereocenters. The van der Waals surface area contributed by atoms with Crippen molar-refractivity contribution < 1.29 is 14.3 Å². The standard InChI is InChI=1S/C20H23FN2O2/c21-18-8-6-16(7-9-18)10-12-22-19(24)14-23-13-11-20(25,15-23)17-4-2-1-3-5-17/h1-9,25H,10-15H2,(H,22,24). The number of halogens is 1. The second-order valence-electron chi connectivity index (χ2n) is 6.58. The first-order valence-corrected chi connectivity index (χ1v) is 8.57. The van der Waals surface area contributed by atoms with Crippen molar-refractivity contribution in [2.24, 2.45) is 0 Å². The lowest BCUT2D eigenvalue weighted by molar-refractivity contribution is -0.122. The molecule has 2 N–H and O–H groups in total. The predicted octanol–water partition coefficient (Wildman–Crippen LogP) is 2.08. The highest BCUT2D eigenvalue weighted by Gasteiger charge is 2.37. The average molecular weight is 342 g/mol. The zero-order valence-electron chi connectivity index (χ0n) is 14.1. The fourth-order valence-corrected chi connectivity index (χ4v) is 3.25. The van der Waals surface area contributed by atoms with E-state index < -0.39 is 5.60 Å². The summed E-state index contributed by atoms with van der Waals surface area (Å²) in [5.41, 5.74) is 1.01. The van der Waals surface area contributed by atoms with E-state index in [0.717, 1.165) is 11.1 Å². The molecule has 1 heterocycles. The number of nitrogens with zero attached hydrogens (tertiary/aromatic N) is 1. The molecular weight excluding hydrogens is 319 g/mol. The number of likely N-dealkylation sites (tertiary alicyclic amines) is 1. The number of aliphatic hydroxyl groups is 1. The fraction of sp³-hybridized carbons (Fsp3) is 0.350. The Balaban J connectivity index is 1.44. The van der Waals surface area contributed by atoms with Gasteiger partial charge in [-0.2, -0.15) is 0 Å². The van der Waals surface area contributed by atoms with Crippen molar-refractivity contribution in [2.45, 2.75) is 18.4 Å². The molecule has 5 heteroatoms. The van der Waals surface area contributed by atoms with E-state index in [2.05, 4.69) is 5.32 Å². The number of amides is 1. The van der Waals surface area contributed by atoms with Crippen molar-refractivity contribution in [3.8, 4) is 0 Å². The second kappa shape index (κ2) is 7.76. The minimum atomic E-state index is -0.879. The van der Waals surface area contributed by atoms with Crippen molar-refractivity contribution >= 4 is 5.91 Å². The fourth-order valence-electron chi connectivity index (χ4n) is 3.25. The maximum atomic E-state index is 12.9. The molecule has 3 rings (SSSR count). The number of β-amino-alcohol motifs (C(OH)–C–C–N with tert-alkyl or cyclic N) is 1. The normalized spacial score (nSPS) is 20.6. The third-order valence-electron chi connectivity index (χ3n) is 4.65. The van der Waals surface area contributed by atoms with Crippen LogP contribution in [0.15, 0.2) is 54.6 Å². The van der Waals surface area contributed by atoms with Crippen LogP contribution >= 0.6 is 0 Å². The van der Waals surface area contributed by atoms with Crippen LogP contribution in [0.3, 0.4) is 0 Å². The number of benzene rings is 2. The Hall–Kier alpha value is -2.24. The number of carbonyl (C=O) groups excluding carboxylic acids is 1. The van der Waals surface area contributed by atoms with Gasteiger partial charge in [-0.25, -0.2) is 4.39 Å². The molecule has 1 aliphatic heterocycles. The van der Waals surface area contributed by atoms with Gasteiger partial charge in [-0.1, -0.05) is 42.5 Å². The maximum absolute atomic E-state index is 12.9. The van der Waals surface area contributed by atoms with Crippen LogP contribution < -0.4 is 5.32 Å². The van der Waals surface area contributed by atoms with E-state index in [9.17, 15) is 14.3 Å². The van der Waals surface area contributed by atoms with Gasteiger partial charge in [0.2, 0.25) is 5.91 Å². The van der Waals surface area contributed by atoms with E-state index >= 15 is 0 Å². The number of rotatable bonds is 6. The third-order valence-corrected chi connectivity index (χ3v) is 4.65. The Morgan fingerprint density at radius 3 is 2.60 bits per heavy atom. The summed E-state index contributed by atoms with van der Waals surface area (Å²) in [5, 5.41) is 13.7. The smallest absolute Gasteiger partial charge is 0.234 e. The molecule has 0 aliphatic carbocycles. The van der Waals surface area contributed by atoms with Gasteiger partial charge in [0.15, 0.2) is 0 Å². The van der Waals surface area contributed by atoms with Crippen molar-refractivity contribution in [3.63, 3.8) is 0 Å². The van der Waals surface area contributed by atoms with Crippen LogP contribution in [-0.2, 0) is 16.8 Å². The van der Waals surface area contributed by atoms with Crippen molar-refractivity contribution in [3.05, 3.63) is 71.5 Å². The Morgan fingerprint density at radius 2 is 1.88 bits per heavy atom. The van der Waals surface area contributed by atoms with Gasteiger partial charge in [0.1, 0.15) is 11.4 Å². The number of hydrogen-bond donors (Lipinski definition) is 2. The third kappa shape index (κ3) is 4.65. The lowest BCUT2D eigenvalue weighted by atomic mass is 9.93. The van der Waals surface area contributed by atoms with Gasteiger partial charge in [-0.15, -0.1) is 0 Å². The summed E-state index contributed by atoms with van der Waals surface area (Å²) in [6, 6.07) is 15.9. The molecule has 25 heavy (non-hydrogen) atoms. The highest BCUT2D eigenvalue weighted by atomic mass is 19.1. The summed E-state index contributed by atoms with van der Waals surface area (Å²) in [7, 11) is 0. The first-order chi connectivity index (χ1) is 12.0. The molecule has 2 aromatic carbocycles. The summed E-state index contributed by atoms with van der Waals surface area (Å²) in [6.45, 7) is 1.94. The van der Waals surface area contributed by atoms with Crippen LogP contribution in [0.25, 0.3) is 0 Å². The van der Waals surface area contributed by atoms with Crippen LogP contribution in [0, 0.1) is 5.82 Å². The van der Waals surface area contributed by atoms with E-state index in [4.69, 9.17) is 0 Å².